The number of benzene rings is 4. The Labute approximate surface area is 197 Å². The number of hydrogen-bond donors (Lipinski definition) is 2. The first-order valence-corrected chi connectivity index (χ1v) is 11.1. The minimum atomic E-state index is -0.741. The van der Waals surface area contributed by atoms with Crippen molar-refractivity contribution in [3.63, 3.8) is 0 Å². The van der Waals surface area contributed by atoms with E-state index in [0.717, 1.165) is 27.1 Å². The summed E-state index contributed by atoms with van der Waals surface area (Å²) >= 11 is 5.89. The minimum absolute atomic E-state index is 0.130. The van der Waals surface area contributed by atoms with Gasteiger partial charge in [0.05, 0.1) is 6.21 Å². The molecule has 2 N–H and O–H groups in total. The second kappa shape index (κ2) is 9.84. The van der Waals surface area contributed by atoms with Gasteiger partial charge < -0.3 is 5.32 Å². The maximum absolute atomic E-state index is 12.9. The lowest BCUT2D eigenvalue weighted by atomic mass is 9.97. The number of amides is 2. The van der Waals surface area contributed by atoms with Gasteiger partial charge >= 0.3 is 0 Å². The molecule has 1 atom stereocenters. The highest BCUT2D eigenvalue weighted by Crippen LogP contribution is 2.27. The van der Waals surface area contributed by atoms with Crippen LogP contribution in [0.1, 0.15) is 29.8 Å². The van der Waals surface area contributed by atoms with Crippen LogP contribution in [0, 0.1) is 5.92 Å². The van der Waals surface area contributed by atoms with E-state index in [1.54, 1.807) is 30.5 Å². The number of hydrazone groups is 1. The molecule has 0 aliphatic heterocycles. The summed E-state index contributed by atoms with van der Waals surface area (Å²) in [5.74, 6) is -0.854. The third-order valence-electron chi connectivity index (χ3n) is 5.52. The summed E-state index contributed by atoms with van der Waals surface area (Å²) < 4.78 is 0. The Kier molecular flexibility index (Phi) is 6.71. The summed E-state index contributed by atoms with van der Waals surface area (Å²) in [7, 11) is 0. The van der Waals surface area contributed by atoms with Crippen molar-refractivity contribution in [2.24, 2.45) is 11.0 Å². The maximum atomic E-state index is 12.9. The van der Waals surface area contributed by atoms with Crippen LogP contribution in [-0.2, 0) is 4.79 Å². The molecule has 6 heteroatoms. The number of nitrogens with zero attached hydrogens (tertiary/aromatic N) is 1. The van der Waals surface area contributed by atoms with E-state index in [1.807, 2.05) is 50.2 Å². The number of nitrogens with one attached hydrogen (secondary N) is 2. The minimum Gasteiger partial charge on any atom is -0.340 e. The number of carbonyl (C=O) groups is 2. The molecule has 0 spiro atoms. The first-order valence-electron chi connectivity index (χ1n) is 10.7. The van der Waals surface area contributed by atoms with Crippen molar-refractivity contribution in [2.45, 2.75) is 19.9 Å². The predicted octanol–water partition coefficient (Wildman–Crippen LogP) is 5.55. The van der Waals surface area contributed by atoms with Gasteiger partial charge in [-0.15, -0.1) is 0 Å². The van der Waals surface area contributed by atoms with Gasteiger partial charge in [0.25, 0.3) is 11.8 Å². The Hall–Kier alpha value is -3.70. The zero-order chi connectivity index (χ0) is 23.4. The molecule has 2 amide bonds. The van der Waals surface area contributed by atoms with E-state index in [4.69, 9.17) is 11.6 Å². The van der Waals surface area contributed by atoms with Crippen LogP contribution in [0.25, 0.3) is 21.5 Å². The van der Waals surface area contributed by atoms with Gasteiger partial charge in [0.1, 0.15) is 6.04 Å². The molecule has 0 saturated heterocycles. The molecule has 1 unspecified atom stereocenters. The fraction of sp³-hybridized carbons (Fsp3) is 0.148. The molecule has 0 fully saturated rings. The quantitative estimate of drug-likeness (QED) is 0.226. The Bertz CT molecular complexity index is 1290. The SMILES string of the molecule is CC(C)C(NC(=O)c1ccc(Cl)cc1)C(=O)NN=Cc1c2ccccc2cc2ccccc12. The summed E-state index contributed by atoms with van der Waals surface area (Å²) in [6.07, 6.45) is 1.67. The summed E-state index contributed by atoms with van der Waals surface area (Å²) in [5.41, 5.74) is 3.96. The summed E-state index contributed by atoms with van der Waals surface area (Å²) in [6.45, 7) is 3.74. The van der Waals surface area contributed by atoms with Crippen molar-refractivity contribution in [2.75, 3.05) is 0 Å². The highest BCUT2D eigenvalue weighted by atomic mass is 35.5. The molecule has 0 bridgehead atoms. The van der Waals surface area contributed by atoms with Crippen molar-refractivity contribution in [3.05, 3.63) is 95.0 Å². The lowest BCUT2D eigenvalue weighted by Gasteiger charge is -2.20. The molecular formula is C27H24ClN3O2. The molecule has 0 heterocycles. The summed E-state index contributed by atoms with van der Waals surface area (Å²) in [4.78, 5) is 25.5. The Balaban J connectivity index is 1.55. The normalized spacial score (nSPS) is 12.4. The fourth-order valence-electron chi connectivity index (χ4n) is 3.78. The third kappa shape index (κ3) is 5.04. The van der Waals surface area contributed by atoms with Crippen LogP contribution in [0.4, 0.5) is 0 Å². The molecule has 4 aromatic rings. The second-order valence-corrected chi connectivity index (χ2v) is 8.61. The molecule has 33 heavy (non-hydrogen) atoms. The predicted molar refractivity (Wildman–Crippen MR) is 135 cm³/mol. The van der Waals surface area contributed by atoms with Gasteiger partial charge in [-0.25, -0.2) is 5.43 Å². The van der Waals surface area contributed by atoms with E-state index in [9.17, 15) is 9.59 Å². The third-order valence-corrected chi connectivity index (χ3v) is 5.78. The van der Waals surface area contributed by atoms with E-state index >= 15 is 0 Å². The lowest BCUT2D eigenvalue weighted by molar-refractivity contribution is -0.123. The maximum Gasteiger partial charge on any atom is 0.262 e. The second-order valence-electron chi connectivity index (χ2n) is 8.17. The molecular weight excluding hydrogens is 434 g/mol. The highest BCUT2D eigenvalue weighted by molar-refractivity contribution is 6.30. The van der Waals surface area contributed by atoms with Gasteiger partial charge in [-0.3, -0.25) is 9.59 Å². The number of halogens is 1. The van der Waals surface area contributed by atoms with Crippen LogP contribution in [0.3, 0.4) is 0 Å². The number of fused-ring (bicyclic) bond motifs is 2. The fourth-order valence-corrected chi connectivity index (χ4v) is 3.90. The van der Waals surface area contributed by atoms with Gasteiger partial charge in [0.2, 0.25) is 0 Å². The Morgan fingerprint density at radius 1 is 0.879 bits per heavy atom. The van der Waals surface area contributed by atoms with Crippen LogP contribution in [0.5, 0.6) is 0 Å². The largest absolute Gasteiger partial charge is 0.340 e. The molecule has 0 saturated carbocycles. The van der Waals surface area contributed by atoms with Crippen molar-refractivity contribution in [3.8, 4) is 0 Å². The van der Waals surface area contributed by atoms with E-state index in [-0.39, 0.29) is 17.7 Å². The van der Waals surface area contributed by atoms with Crippen LogP contribution in [0.15, 0.2) is 84.0 Å². The van der Waals surface area contributed by atoms with Crippen LogP contribution in [0.2, 0.25) is 5.02 Å². The van der Waals surface area contributed by atoms with Crippen LogP contribution < -0.4 is 10.7 Å². The monoisotopic (exact) mass is 457 g/mol. The van der Waals surface area contributed by atoms with Gasteiger partial charge in [-0.05, 0) is 57.8 Å². The van der Waals surface area contributed by atoms with Gasteiger partial charge in [-0.1, -0.05) is 74.0 Å². The van der Waals surface area contributed by atoms with E-state index in [2.05, 4.69) is 34.0 Å². The first-order chi connectivity index (χ1) is 15.9. The number of carbonyl (C=O) groups excluding carboxylic acids is 2. The summed E-state index contributed by atoms with van der Waals surface area (Å²) in [5, 5.41) is 11.9. The average molecular weight is 458 g/mol. The van der Waals surface area contributed by atoms with Gasteiger partial charge in [0.15, 0.2) is 0 Å². The first kappa shape index (κ1) is 22.5. The Morgan fingerprint density at radius 2 is 1.45 bits per heavy atom. The molecule has 0 aromatic heterocycles. The van der Waals surface area contributed by atoms with Crippen molar-refractivity contribution < 1.29 is 9.59 Å². The molecule has 4 rings (SSSR count). The lowest BCUT2D eigenvalue weighted by Crippen LogP contribution is -2.48. The van der Waals surface area contributed by atoms with E-state index in [1.165, 1.54) is 0 Å². The average Bonchev–Trinajstić information content (AvgIpc) is 2.82. The van der Waals surface area contributed by atoms with Crippen molar-refractivity contribution in [1.29, 1.82) is 0 Å². The smallest absolute Gasteiger partial charge is 0.262 e. The number of rotatable bonds is 6. The standard InChI is InChI=1S/C27H24ClN3O2/c1-17(2)25(30-26(32)18-11-13-21(28)14-12-18)27(33)31-29-16-24-22-9-5-3-7-19(22)15-20-8-4-6-10-23(20)24/h3-17,25H,1-2H3,(H,30,32)(H,31,33). The molecule has 0 aliphatic carbocycles. The number of hydrogen-bond acceptors (Lipinski definition) is 3. The molecule has 0 aliphatic rings. The van der Waals surface area contributed by atoms with Crippen LogP contribution in [-0.4, -0.2) is 24.1 Å². The molecule has 166 valence electrons. The zero-order valence-electron chi connectivity index (χ0n) is 18.4. The van der Waals surface area contributed by atoms with Gasteiger partial charge in [-0.2, -0.15) is 5.10 Å². The molecule has 5 nitrogen and oxygen atoms in total. The Morgan fingerprint density at radius 3 is 2.03 bits per heavy atom. The van der Waals surface area contributed by atoms with Crippen molar-refractivity contribution in [1.82, 2.24) is 10.7 Å². The van der Waals surface area contributed by atoms with Crippen LogP contribution >= 0.6 is 11.6 Å². The summed E-state index contributed by atoms with van der Waals surface area (Å²) in [6, 6.07) is 24.1. The van der Waals surface area contributed by atoms with E-state index in [0.29, 0.717) is 10.6 Å². The zero-order valence-corrected chi connectivity index (χ0v) is 19.1. The van der Waals surface area contributed by atoms with E-state index < -0.39 is 6.04 Å². The highest BCUT2D eigenvalue weighted by Gasteiger charge is 2.24. The molecule has 4 aromatic carbocycles. The molecule has 0 radical (unpaired) electrons. The van der Waals surface area contributed by atoms with Crippen molar-refractivity contribution >= 4 is 51.2 Å². The van der Waals surface area contributed by atoms with Gasteiger partial charge in [0, 0.05) is 16.1 Å². The topological polar surface area (TPSA) is 70.6 Å².